The van der Waals surface area contributed by atoms with Crippen LogP contribution in [0, 0.1) is 13.8 Å². The molecule has 0 aliphatic heterocycles. The number of nitrogens with one attached hydrogen (secondary N) is 2. The Morgan fingerprint density at radius 1 is 1.00 bits per heavy atom. The van der Waals surface area contributed by atoms with Gasteiger partial charge in [-0.25, -0.2) is 4.98 Å². The summed E-state index contributed by atoms with van der Waals surface area (Å²) in [6, 6.07) is 18.7. The van der Waals surface area contributed by atoms with Gasteiger partial charge in [-0.3, -0.25) is 4.79 Å². The van der Waals surface area contributed by atoms with Crippen LogP contribution in [0.2, 0.25) is 0 Å². The van der Waals surface area contributed by atoms with Gasteiger partial charge in [-0.1, -0.05) is 30.3 Å². The Balaban J connectivity index is 1.24. The number of fused-ring (bicyclic) bond motifs is 1. The summed E-state index contributed by atoms with van der Waals surface area (Å²) in [5.41, 5.74) is 3.38. The van der Waals surface area contributed by atoms with Crippen molar-refractivity contribution in [1.82, 2.24) is 10.3 Å². The highest BCUT2D eigenvalue weighted by Gasteiger charge is 2.23. The molecule has 0 bridgehead atoms. The van der Waals surface area contributed by atoms with Gasteiger partial charge in [0.15, 0.2) is 6.61 Å². The van der Waals surface area contributed by atoms with Crippen LogP contribution in [0.5, 0.6) is 5.75 Å². The molecule has 4 rings (SSSR count). The molecule has 156 valence electrons. The number of hydrogen-bond donors (Lipinski definition) is 2. The van der Waals surface area contributed by atoms with Gasteiger partial charge in [0.05, 0.1) is 5.52 Å². The maximum absolute atomic E-state index is 12.2. The van der Waals surface area contributed by atoms with Gasteiger partial charge in [-0.15, -0.1) is 0 Å². The number of hydrogen-bond acceptors (Lipinski definition) is 4. The van der Waals surface area contributed by atoms with Crippen molar-refractivity contribution in [3.8, 4) is 5.75 Å². The molecule has 0 radical (unpaired) electrons. The maximum Gasteiger partial charge on any atom is 0.258 e. The topological polar surface area (TPSA) is 63.2 Å². The van der Waals surface area contributed by atoms with Gasteiger partial charge in [0.2, 0.25) is 0 Å². The largest absolute Gasteiger partial charge is 0.484 e. The first-order valence-electron chi connectivity index (χ1n) is 10.7. The lowest BCUT2D eigenvalue weighted by Crippen LogP contribution is -2.42. The predicted octanol–water partition coefficient (Wildman–Crippen LogP) is 4.77. The van der Waals surface area contributed by atoms with Crippen molar-refractivity contribution >= 4 is 22.6 Å². The molecule has 1 saturated carbocycles. The Morgan fingerprint density at radius 2 is 1.77 bits per heavy atom. The monoisotopic (exact) mass is 403 g/mol. The van der Waals surface area contributed by atoms with E-state index in [1.807, 2.05) is 43.3 Å². The Labute approximate surface area is 177 Å². The van der Waals surface area contributed by atoms with Crippen LogP contribution in [0.4, 0.5) is 5.82 Å². The smallest absolute Gasteiger partial charge is 0.258 e. The number of carbonyl (C=O) groups excluding carboxylic acids is 1. The van der Waals surface area contributed by atoms with Crippen LogP contribution in [-0.2, 0) is 4.79 Å². The molecule has 1 amide bonds. The third-order valence-electron chi connectivity index (χ3n) is 5.73. The second-order valence-corrected chi connectivity index (χ2v) is 8.21. The van der Waals surface area contributed by atoms with E-state index in [1.165, 1.54) is 10.9 Å². The number of para-hydroxylation sites is 1. The van der Waals surface area contributed by atoms with Gasteiger partial charge >= 0.3 is 0 Å². The van der Waals surface area contributed by atoms with Crippen LogP contribution in [0.1, 0.15) is 36.8 Å². The molecule has 2 aromatic carbocycles. The Hall–Kier alpha value is -3.08. The third kappa shape index (κ3) is 5.09. The van der Waals surface area contributed by atoms with E-state index in [4.69, 9.17) is 9.72 Å². The second-order valence-electron chi connectivity index (χ2n) is 8.21. The number of nitrogens with zero attached hydrogens (tertiary/aromatic N) is 1. The molecule has 0 spiro atoms. The van der Waals surface area contributed by atoms with Gasteiger partial charge in [0, 0.05) is 17.5 Å². The Kier molecular flexibility index (Phi) is 6.17. The SMILES string of the molecule is Cc1cccc(OCC(=O)NC2CCC(Nc3cc(C)c4ccccc4n3)CC2)c1. The predicted molar refractivity (Wildman–Crippen MR) is 121 cm³/mol. The van der Waals surface area contributed by atoms with Crippen molar-refractivity contribution in [2.75, 3.05) is 11.9 Å². The number of ether oxygens (including phenoxy) is 1. The molecule has 0 unspecified atom stereocenters. The lowest BCUT2D eigenvalue weighted by molar-refractivity contribution is -0.124. The van der Waals surface area contributed by atoms with E-state index in [0.29, 0.717) is 6.04 Å². The molecular formula is C25H29N3O2. The van der Waals surface area contributed by atoms with Gasteiger partial charge in [0.1, 0.15) is 11.6 Å². The Morgan fingerprint density at radius 3 is 2.57 bits per heavy atom. The van der Waals surface area contributed by atoms with Gasteiger partial charge in [-0.05, 0) is 74.9 Å². The molecule has 0 saturated heterocycles. The van der Waals surface area contributed by atoms with Crippen LogP contribution in [-0.4, -0.2) is 29.6 Å². The molecule has 2 N–H and O–H groups in total. The summed E-state index contributed by atoms with van der Waals surface area (Å²) < 4.78 is 5.60. The quantitative estimate of drug-likeness (QED) is 0.622. The lowest BCUT2D eigenvalue weighted by Gasteiger charge is -2.30. The zero-order valence-electron chi connectivity index (χ0n) is 17.7. The van der Waals surface area contributed by atoms with Crippen LogP contribution >= 0.6 is 0 Å². The molecule has 1 aliphatic carbocycles. The van der Waals surface area contributed by atoms with Crippen molar-refractivity contribution in [1.29, 1.82) is 0 Å². The van der Waals surface area contributed by atoms with E-state index in [2.05, 4.69) is 35.8 Å². The number of pyridine rings is 1. The minimum Gasteiger partial charge on any atom is -0.484 e. The van der Waals surface area contributed by atoms with Gasteiger partial charge in [0.25, 0.3) is 5.91 Å². The Bertz CT molecular complexity index is 1030. The highest BCUT2D eigenvalue weighted by molar-refractivity contribution is 5.83. The van der Waals surface area contributed by atoms with Crippen molar-refractivity contribution in [2.45, 2.75) is 51.6 Å². The minimum absolute atomic E-state index is 0.0558. The first-order valence-corrected chi connectivity index (χ1v) is 10.7. The number of amides is 1. The maximum atomic E-state index is 12.2. The highest BCUT2D eigenvalue weighted by Crippen LogP contribution is 2.25. The number of aromatic nitrogens is 1. The number of aryl methyl sites for hydroxylation is 2. The van der Waals surface area contributed by atoms with Crippen molar-refractivity contribution in [2.24, 2.45) is 0 Å². The summed E-state index contributed by atoms with van der Waals surface area (Å²) in [6.45, 7) is 4.19. The fraction of sp³-hybridized carbons (Fsp3) is 0.360. The molecule has 5 nitrogen and oxygen atoms in total. The molecule has 30 heavy (non-hydrogen) atoms. The van der Waals surface area contributed by atoms with E-state index >= 15 is 0 Å². The van der Waals surface area contributed by atoms with Crippen LogP contribution in [0.15, 0.2) is 54.6 Å². The van der Waals surface area contributed by atoms with Crippen molar-refractivity contribution < 1.29 is 9.53 Å². The summed E-state index contributed by atoms with van der Waals surface area (Å²) in [4.78, 5) is 17.0. The molecule has 3 aromatic rings. The fourth-order valence-electron chi connectivity index (χ4n) is 4.14. The van der Waals surface area contributed by atoms with E-state index in [-0.39, 0.29) is 18.6 Å². The van der Waals surface area contributed by atoms with E-state index < -0.39 is 0 Å². The van der Waals surface area contributed by atoms with Crippen LogP contribution in [0.25, 0.3) is 10.9 Å². The van der Waals surface area contributed by atoms with Crippen LogP contribution in [0.3, 0.4) is 0 Å². The van der Waals surface area contributed by atoms with E-state index in [1.54, 1.807) is 0 Å². The molecule has 1 heterocycles. The molecule has 1 aliphatic rings. The minimum atomic E-state index is -0.0558. The first-order chi connectivity index (χ1) is 14.6. The highest BCUT2D eigenvalue weighted by atomic mass is 16.5. The molecule has 1 fully saturated rings. The average molecular weight is 404 g/mol. The molecule has 1 aromatic heterocycles. The second kappa shape index (κ2) is 9.16. The first kappa shape index (κ1) is 20.2. The van der Waals surface area contributed by atoms with Gasteiger partial charge < -0.3 is 15.4 Å². The summed E-state index contributed by atoms with van der Waals surface area (Å²) >= 11 is 0. The average Bonchev–Trinajstić information content (AvgIpc) is 2.74. The van der Waals surface area contributed by atoms with E-state index in [9.17, 15) is 4.79 Å². The summed E-state index contributed by atoms with van der Waals surface area (Å²) in [7, 11) is 0. The number of benzene rings is 2. The zero-order chi connectivity index (χ0) is 20.9. The molecule has 5 heteroatoms. The normalized spacial score (nSPS) is 18.7. The van der Waals surface area contributed by atoms with Crippen molar-refractivity contribution in [3.05, 3.63) is 65.7 Å². The standard InChI is InChI=1S/C25H29N3O2/c1-17-6-5-7-21(14-17)30-16-25(29)27-20-12-10-19(11-13-20)26-24-15-18(2)22-8-3-4-9-23(22)28-24/h3-9,14-15,19-20H,10-13,16H2,1-2H3,(H,26,28)(H,27,29). The lowest BCUT2D eigenvalue weighted by atomic mass is 9.91. The summed E-state index contributed by atoms with van der Waals surface area (Å²) in [6.07, 6.45) is 3.94. The zero-order valence-corrected chi connectivity index (χ0v) is 17.7. The number of carbonyl (C=O) groups is 1. The third-order valence-corrected chi connectivity index (χ3v) is 5.73. The number of rotatable bonds is 6. The van der Waals surface area contributed by atoms with Gasteiger partial charge in [-0.2, -0.15) is 0 Å². The van der Waals surface area contributed by atoms with E-state index in [0.717, 1.165) is 48.3 Å². The fourth-order valence-corrected chi connectivity index (χ4v) is 4.14. The summed E-state index contributed by atoms with van der Waals surface area (Å²) in [5, 5.41) is 7.90. The molecule has 0 atom stereocenters. The molecular weight excluding hydrogens is 374 g/mol. The van der Waals surface area contributed by atoms with Crippen molar-refractivity contribution in [3.63, 3.8) is 0 Å². The number of anilines is 1. The summed E-state index contributed by atoms with van der Waals surface area (Å²) in [5.74, 6) is 1.61. The van der Waals surface area contributed by atoms with Crippen LogP contribution < -0.4 is 15.4 Å².